The number of pyridine rings is 1. The zero-order valence-corrected chi connectivity index (χ0v) is 22.8. The Labute approximate surface area is 237 Å². The smallest absolute Gasteiger partial charge is 0.416 e. The van der Waals surface area contributed by atoms with Crippen molar-refractivity contribution in [2.75, 3.05) is 33.2 Å². The molecular weight excluding hydrogens is 553 g/mol. The van der Waals surface area contributed by atoms with Gasteiger partial charge in [-0.2, -0.15) is 13.2 Å². The highest BCUT2D eigenvalue weighted by atomic mass is 19.4. The molecule has 0 saturated carbocycles. The number of anilines is 1. The molecular formula is C29H25F3N6O4. The fourth-order valence-electron chi connectivity index (χ4n) is 4.99. The minimum atomic E-state index is -4.49. The van der Waals surface area contributed by atoms with Crippen LogP contribution in [0.3, 0.4) is 0 Å². The maximum absolute atomic E-state index is 13.5. The lowest BCUT2D eigenvalue weighted by molar-refractivity contribution is -0.137. The van der Waals surface area contributed by atoms with Gasteiger partial charge >= 0.3 is 6.18 Å². The van der Waals surface area contributed by atoms with Crippen LogP contribution < -0.4 is 19.5 Å². The maximum atomic E-state index is 13.5. The molecule has 3 aromatic heterocycles. The molecule has 4 heterocycles. The van der Waals surface area contributed by atoms with E-state index in [0.29, 0.717) is 46.1 Å². The predicted molar refractivity (Wildman–Crippen MR) is 147 cm³/mol. The number of hydrogen-bond donors (Lipinski definition) is 1. The number of nitrogens with zero attached hydrogens (tertiary/aromatic N) is 5. The van der Waals surface area contributed by atoms with Gasteiger partial charge in [0.2, 0.25) is 0 Å². The molecule has 10 nitrogen and oxygen atoms in total. The van der Waals surface area contributed by atoms with Gasteiger partial charge in [-0.15, -0.1) is 0 Å². The van der Waals surface area contributed by atoms with Crippen molar-refractivity contribution >= 4 is 28.4 Å². The average molecular weight is 579 g/mol. The Bertz CT molecular complexity index is 1820. The number of carbonyl (C=O) groups excluding carboxylic acids is 1. The Hall–Kier alpha value is -5.07. The monoisotopic (exact) mass is 578 g/mol. The number of aromatic nitrogens is 4. The van der Waals surface area contributed by atoms with Gasteiger partial charge in [0.05, 0.1) is 49.4 Å². The first-order valence-corrected chi connectivity index (χ1v) is 12.9. The first-order chi connectivity index (χ1) is 20.2. The molecule has 0 fully saturated rings. The number of carbonyl (C=O) groups is 1. The third-order valence-electron chi connectivity index (χ3n) is 7.28. The number of methoxy groups -OCH3 is 2. The number of halogens is 3. The van der Waals surface area contributed by atoms with Crippen molar-refractivity contribution < 1.29 is 32.2 Å². The Morgan fingerprint density at radius 2 is 1.95 bits per heavy atom. The van der Waals surface area contributed by atoms with Gasteiger partial charge in [-0.1, -0.05) is 6.07 Å². The van der Waals surface area contributed by atoms with Crippen LogP contribution in [0, 0.1) is 0 Å². The minimum Gasteiger partial charge on any atom is -0.497 e. The molecule has 1 aliphatic heterocycles. The number of likely N-dealkylation sites (N-methyl/N-ethyl adjacent to an activating group) is 1. The molecule has 1 N–H and O–H groups in total. The Balaban J connectivity index is 1.27. The summed E-state index contributed by atoms with van der Waals surface area (Å²) >= 11 is 0. The van der Waals surface area contributed by atoms with E-state index in [1.807, 2.05) is 12.1 Å². The molecule has 2 aromatic carbocycles. The number of hydrogen-bond acceptors (Lipinski definition) is 8. The van der Waals surface area contributed by atoms with Crippen LogP contribution in [0.2, 0.25) is 0 Å². The van der Waals surface area contributed by atoms with E-state index >= 15 is 0 Å². The first-order valence-electron chi connectivity index (χ1n) is 12.9. The number of alkyl halides is 3. The van der Waals surface area contributed by atoms with E-state index in [4.69, 9.17) is 14.2 Å². The molecule has 13 heteroatoms. The van der Waals surface area contributed by atoms with Gasteiger partial charge in [-0.25, -0.2) is 15.0 Å². The van der Waals surface area contributed by atoms with Crippen LogP contribution in [0.1, 0.15) is 33.1 Å². The van der Waals surface area contributed by atoms with Gasteiger partial charge in [0.1, 0.15) is 29.4 Å². The zero-order valence-electron chi connectivity index (χ0n) is 22.8. The second kappa shape index (κ2) is 10.4. The average Bonchev–Trinajstić information content (AvgIpc) is 3.66. The van der Waals surface area contributed by atoms with Crippen molar-refractivity contribution in [2.24, 2.45) is 0 Å². The van der Waals surface area contributed by atoms with E-state index in [1.54, 1.807) is 50.3 Å². The van der Waals surface area contributed by atoms with Gasteiger partial charge in [0.15, 0.2) is 11.5 Å². The van der Waals surface area contributed by atoms with Crippen molar-refractivity contribution in [1.29, 1.82) is 0 Å². The summed E-state index contributed by atoms with van der Waals surface area (Å²) in [6.45, 7) is 0.449. The summed E-state index contributed by atoms with van der Waals surface area (Å²) in [6.07, 6.45) is 0.205. The normalized spacial score (nSPS) is 14.5. The third-order valence-corrected chi connectivity index (χ3v) is 7.28. The molecule has 1 aliphatic rings. The van der Waals surface area contributed by atoms with Gasteiger partial charge < -0.3 is 24.4 Å². The molecule has 6 rings (SSSR count). The van der Waals surface area contributed by atoms with E-state index in [0.717, 1.165) is 17.7 Å². The van der Waals surface area contributed by atoms with Crippen molar-refractivity contribution in [2.45, 2.75) is 18.8 Å². The molecule has 0 unspecified atom stereocenters. The van der Waals surface area contributed by atoms with E-state index in [9.17, 15) is 18.0 Å². The van der Waals surface area contributed by atoms with E-state index < -0.39 is 17.8 Å². The number of nitrogens with one attached hydrogen (secondary N) is 1. The Kier molecular flexibility index (Phi) is 6.71. The van der Waals surface area contributed by atoms with E-state index in [1.165, 1.54) is 17.2 Å². The van der Waals surface area contributed by atoms with Crippen LogP contribution in [-0.2, 0) is 12.7 Å². The number of amides is 1. The van der Waals surface area contributed by atoms with Crippen molar-refractivity contribution in [3.8, 4) is 17.2 Å². The molecule has 1 amide bonds. The van der Waals surface area contributed by atoms with Gasteiger partial charge in [-0.05, 0) is 30.3 Å². The maximum Gasteiger partial charge on any atom is 0.416 e. The van der Waals surface area contributed by atoms with Gasteiger partial charge in [0, 0.05) is 37.0 Å². The highest BCUT2D eigenvalue weighted by molar-refractivity contribution is 5.97. The van der Waals surface area contributed by atoms with Crippen LogP contribution in [0.25, 0.3) is 16.7 Å². The van der Waals surface area contributed by atoms with Crippen LogP contribution in [-0.4, -0.2) is 58.0 Å². The van der Waals surface area contributed by atoms with E-state index in [2.05, 4.69) is 20.3 Å². The molecule has 216 valence electrons. The van der Waals surface area contributed by atoms with Crippen LogP contribution >= 0.6 is 0 Å². The highest BCUT2D eigenvalue weighted by Gasteiger charge is 2.36. The Morgan fingerprint density at radius 1 is 1.12 bits per heavy atom. The SMILES string of the molecule is COc1ccc(CNc2nc3ncc(C(=O)N(C)[C@@H]4COc5cc(C(F)(F)F)ccc54)cc3n3cncc23)c(OC)c1. The number of fused-ring (bicyclic) bond motifs is 4. The largest absolute Gasteiger partial charge is 0.497 e. The van der Waals surface area contributed by atoms with Crippen molar-refractivity contribution in [1.82, 2.24) is 24.3 Å². The topological polar surface area (TPSA) is 103 Å². The zero-order chi connectivity index (χ0) is 29.6. The lowest BCUT2D eigenvalue weighted by atomic mass is 10.0. The lowest BCUT2D eigenvalue weighted by Crippen LogP contribution is -2.32. The van der Waals surface area contributed by atoms with E-state index in [-0.39, 0.29) is 23.8 Å². The van der Waals surface area contributed by atoms with Gasteiger partial charge in [0.25, 0.3) is 5.91 Å². The summed E-state index contributed by atoms with van der Waals surface area (Å²) < 4.78 is 57.4. The molecule has 42 heavy (non-hydrogen) atoms. The van der Waals surface area contributed by atoms with Crippen molar-refractivity contribution in [3.63, 3.8) is 0 Å². The third kappa shape index (κ3) is 4.76. The summed E-state index contributed by atoms with van der Waals surface area (Å²) in [4.78, 5) is 28.3. The predicted octanol–water partition coefficient (Wildman–Crippen LogP) is 5.13. The molecule has 0 saturated heterocycles. The van der Waals surface area contributed by atoms with Crippen LogP contribution in [0.5, 0.6) is 17.2 Å². The fraction of sp³-hybridized carbons (Fsp3) is 0.241. The van der Waals surface area contributed by atoms with Crippen LogP contribution in [0.15, 0.2) is 61.2 Å². The fourth-order valence-corrected chi connectivity index (χ4v) is 4.99. The summed E-state index contributed by atoms with van der Waals surface area (Å²) in [5, 5.41) is 3.32. The second-order valence-electron chi connectivity index (χ2n) is 9.70. The summed E-state index contributed by atoms with van der Waals surface area (Å²) in [5.41, 5.74) is 2.50. The number of ether oxygens (including phenoxy) is 3. The molecule has 0 aliphatic carbocycles. The number of rotatable bonds is 7. The summed E-state index contributed by atoms with van der Waals surface area (Å²) in [5.74, 6) is 1.63. The molecule has 0 spiro atoms. The first kappa shape index (κ1) is 27.1. The second-order valence-corrected chi connectivity index (χ2v) is 9.70. The summed E-state index contributed by atoms with van der Waals surface area (Å²) in [6, 6.07) is 9.96. The molecule has 0 bridgehead atoms. The van der Waals surface area contributed by atoms with Crippen LogP contribution in [0.4, 0.5) is 19.0 Å². The lowest BCUT2D eigenvalue weighted by Gasteiger charge is -2.24. The minimum absolute atomic E-state index is 0.0429. The molecule has 5 aromatic rings. The molecule has 0 radical (unpaired) electrons. The van der Waals surface area contributed by atoms with Gasteiger partial charge in [-0.3, -0.25) is 9.20 Å². The van der Waals surface area contributed by atoms with Crippen molar-refractivity contribution in [3.05, 3.63) is 83.4 Å². The quantitative estimate of drug-likeness (QED) is 0.284. The number of benzene rings is 2. The summed E-state index contributed by atoms with van der Waals surface area (Å²) in [7, 11) is 4.76. The standard InChI is InChI=1S/C29H25F3N6O4/c1-37(23-14-42-25-9-18(29(30,31)32)5-7-20(23)25)28(39)17-8-21-26(35-12-17)36-27(22-13-33-15-38(21)22)34-11-16-4-6-19(40-2)10-24(16)41-3/h4-10,12-13,15,23H,11,14H2,1-3H3,(H,34,35,36)/t23-/m1/s1. The molecule has 1 atom stereocenters. The Morgan fingerprint density at radius 3 is 2.71 bits per heavy atom. The highest BCUT2D eigenvalue weighted by Crippen LogP contribution is 2.40. The number of imidazole rings is 1.